The molecule has 3 rings (SSSR count). The number of benzene rings is 3. The van der Waals surface area contributed by atoms with Crippen molar-refractivity contribution in [2.45, 2.75) is 22.3 Å². The van der Waals surface area contributed by atoms with Gasteiger partial charge in [0.1, 0.15) is 0 Å². The van der Waals surface area contributed by atoms with Gasteiger partial charge in [0.05, 0.1) is 21.5 Å². The number of sulfone groups is 1. The first-order valence-corrected chi connectivity index (χ1v) is 11.4. The van der Waals surface area contributed by atoms with Crippen LogP contribution >= 0.6 is 11.6 Å². The van der Waals surface area contributed by atoms with E-state index in [2.05, 4.69) is 5.32 Å². The minimum atomic E-state index is -3.72. The van der Waals surface area contributed by atoms with Gasteiger partial charge in [-0.3, -0.25) is 0 Å². The van der Waals surface area contributed by atoms with Gasteiger partial charge in [-0.15, -0.1) is 0 Å². The number of halogens is 1. The summed E-state index contributed by atoms with van der Waals surface area (Å²) in [6.45, 7) is 0.986. The van der Waals surface area contributed by atoms with Gasteiger partial charge in [-0.05, 0) is 72.6 Å². The van der Waals surface area contributed by atoms with E-state index in [0.717, 1.165) is 11.1 Å². The molecule has 0 aliphatic heterocycles. The minimum absolute atomic E-state index is 0. The molecule has 3 aromatic carbocycles. The van der Waals surface area contributed by atoms with Crippen LogP contribution in [0.25, 0.3) is 0 Å². The molecule has 3 aromatic rings. The summed E-state index contributed by atoms with van der Waals surface area (Å²) in [5.41, 5.74) is 1.72. The zero-order chi connectivity index (χ0) is 22.4. The molecule has 0 aromatic heterocycles. The smallest absolute Gasteiger partial charge is 1.00 e. The Hall–Kier alpha value is -1.71. The zero-order valence-corrected chi connectivity index (χ0v) is 21.1. The van der Waals surface area contributed by atoms with Gasteiger partial charge in [0, 0.05) is 11.6 Å². The van der Waals surface area contributed by atoms with Crippen LogP contribution in [0.5, 0.6) is 0 Å². The average molecular weight is 484 g/mol. The van der Waals surface area contributed by atoms with Crippen molar-refractivity contribution < 1.29 is 54.4 Å². The maximum absolute atomic E-state index is 12.7. The molecule has 6 nitrogen and oxygen atoms in total. The monoisotopic (exact) mass is 483 g/mol. The van der Waals surface area contributed by atoms with Crippen molar-refractivity contribution >= 4 is 27.4 Å². The first-order valence-electron chi connectivity index (χ1n) is 9.59. The number of hydrogen-bond acceptors (Lipinski definition) is 5. The van der Waals surface area contributed by atoms with Crippen LogP contribution in [0, 0.1) is 0 Å². The topological polar surface area (TPSA) is 104 Å². The first kappa shape index (κ1) is 26.5. The maximum Gasteiger partial charge on any atom is 1.00 e. The van der Waals surface area contributed by atoms with Crippen LogP contribution in [-0.2, 0) is 16.3 Å². The molecule has 32 heavy (non-hydrogen) atoms. The maximum atomic E-state index is 12.7. The number of aliphatic hydroxyl groups is 1. The fourth-order valence-corrected chi connectivity index (χ4v) is 4.51. The molecule has 0 spiro atoms. The number of carboxylic acid groups (broad SMARTS) is 1. The van der Waals surface area contributed by atoms with E-state index in [1.165, 1.54) is 36.4 Å². The summed E-state index contributed by atoms with van der Waals surface area (Å²) in [4.78, 5) is 11.1. The van der Waals surface area contributed by atoms with Crippen LogP contribution < -0.4 is 34.9 Å². The summed E-state index contributed by atoms with van der Waals surface area (Å²) >= 11 is 5.94. The average Bonchev–Trinajstić information content (AvgIpc) is 2.77. The van der Waals surface area contributed by atoms with Gasteiger partial charge < -0.3 is 17.0 Å². The standard InChI is InChI=1S/C23H22ClNO5S.Na.H/c24-19-3-1-2-18(14-19)22(26)15-25-13-12-16-4-8-20(9-5-16)31(29,30)21-10-6-17(7-11-21)23(27)28;;/h1-11,14,22,25-26H,12-13,15H2,(H,27,28);;/q;+1;-1/t22-;;/m1../s1. The Labute approximate surface area is 215 Å². The molecule has 0 saturated carbocycles. The Morgan fingerprint density at radius 3 is 2.16 bits per heavy atom. The molecule has 1 atom stereocenters. The predicted octanol–water partition coefficient (Wildman–Crippen LogP) is 0.853. The molecule has 0 heterocycles. The summed E-state index contributed by atoms with van der Waals surface area (Å²) in [5.74, 6) is -1.11. The molecule has 0 unspecified atom stereocenters. The molecule has 0 radical (unpaired) electrons. The van der Waals surface area contributed by atoms with Crippen LogP contribution in [0.15, 0.2) is 82.6 Å². The van der Waals surface area contributed by atoms with Crippen molar-refractivity contribution in [3.05, 3.63) is 94.5 Å². The van der Waals surface area contributed by atoms with Crippen molar-refractivity contribution in [3.63, 3.8) is 0 Å². The van der Waals surface area contributed by atoms with Gasteiger partial charge in [0.2, 0.25) is 9.84 Å². The van der Waals surface area contributed by atoms with Crippen molar-refractivity contribution in [1.29, 1.82) is 0 Å². The molecule has 0 aliphatic carbocycles. The quantitative estimate of drug-likeness (QED) is 0.308. The van der Waals surface area contributed by atoms with E-state index in [1.54, 1.807) is 30.3 Å². The number of carbonyl (C=O) groups is 1. The molecule has 0 fully saturated rings. The third-order valence-electron chi connectivity index (χ3n) is 4.81. The molecule has 9 heteroatoms. The van der Waals surface area contributed by atoms with Gasteiger partial charge in [0.15, 0.2) is 0 Å². The van der Waals surface area contributed by atoms with Gasteiger partial charge in [-0.2, -0.15) is 0 Å². The SMILES string of the molecule is O=C(O)c1ccc(S(=O)(=O)c2ccc(CCNC[C@@H](O)c3cccc(Cl)c3)cc2)cc1.[H-].[Na+]. The fourth-order valence-electron chi connectivity index (χ4n) is 3.05. The normalized spacial score (nSPS) is 12.1. The third kappa shape index (κ3) is 6.89. The fraction of sp³-hybridized carbons (Fsp3) is 0.174. The second kappa shape index (κ2) is 12.0. The minimum Gasteiger partial charge on any atom is -1.00 e. The van der Waals surface area contributed by atoms with Crippen molar-refractivity contribution in [2.75, 3.05) is 13.1 Å². The van der Waals surface area contributed by atoms with E-state index in [4.69, 9.17) is 16.7 Å². The molecule has 164 valence electrons. The molecular formula is C23H23ClNNaO5S. The van der Waals surface area contributed by atoms with E-state index >= 15 is 0 Å². The number of rotatable bonds is 9. The van der Waals surface area contributed by atoms with Gasteiger partial charge >= 0.3 is 35.5 Å². The van der Waals surface area contributed by atoms with Crippen molar-refractivity contribution in [1.82, 2.24) is 5.32 Å². The Morgan fingerprint density at radius 1 is 1.00 bits per heavy atom. The number of aliphatic hydroxyl groups excluding tert-OH is 1. The summed E-state index contributed by atoms with van der Waals surface area (Å²) in [6.07, 6.45) is -0.00524. The first-order chi connectivity index (χ1) is 14.8. The summed E-state index contributed by atoms with van der Waals surface area (Å²) in [7, 11) is -3.72. The summed E-state index contributed by atoms with van der Waals surface area (Å²) in [5, 5.41) is 22.9. The van der Waals surface area contributed by atoms with Crippen LogP contribution in [0.3, 0.4) is 0 Å². The second-order valence-electron chi connectivity index (χ2n) is 7.00. The Kier molecular flexibility index (Phi) is 9.91. The van der Waals surface area contributed by atoms with Gasteiger partial charge in [-0.25, -0.2) is 13.2 Å². The predicted molar refractivity (Wildman–Crippen MR) is 119 cm³/mol. The number of carboxylic acids is 1. The summed E-state index contributed by atoms with van der Waals surface area (Å²) < 4.78 is 25.4. The van der Waals surface area contributed by atoms with E-state index < -0.39 is 21.9 Å². The molecule has 0 bridgehead atoms. The Morgan fingerprint density at radius 2 is 1.59 bits per heavy atom. The molecule has 0 aliphatic rings. The van der Waals surface area contributed by atoms with E-state index in [0.29, 0.717) is 24.5 Å². The van der Waals surface area contributed by atoms with E-state index in [9.17, 15) is 18.3 Å². The molecule has 0 saturated heterocycles. The molecule has 3 N–H and O–H groups in total. The van der Waals surface area contributed by atoms with E-state index in [1.807, 2.05) is 6.07 Å². The molecular weight excluding hydrogens is 461 g/mol. The van der Waals surface area contributed by atoms with Crippen LogP contribution in [0.1, 0.15) is 29.0 Å². The Bertz CT molecular complexity index is 1160. The number of aromatic carboxylic acids is 1. The summed E-state index contributed by atoms with van der Waals surface area (Å²) in [6, 6.07) is 18.8. The van der Waals surface area contributed by atoms with Crippen LogP contribution in [-0.4, -0.2) is 37.7 Å². The van der Waals surface area contributed by atoms with E-state index in [-0.39, 0.29) is 46.3 Å². The van der Waals surface area contributed by atoms with Crippen LogP contribution in [0.4, 0.5) is 0 Å². The van der Waals surface area contributed by atoms with Gasteiger partial charge in [0.25, 0.3) is 0 Å². The largest absolute Gasteiger partial charge is 1.00 e. The zero-order valence-electron chi connectivity index (χ0n) is 18.5. The van der Waals surface area contributed by atoms with Crippen molar-refractivity contribution in [3.8, 4) is 0 Å². The Balaban J connectivity index is 0.00000272. The number of hydrogen-bond donors (Lipinski definition) is 3. The van der Waals surface area contributed by atoms with Crippen molar-refractivity contribution in [2.24, 2.45) is 0 Å². The second-order valence-corrected chi connectivity index (χ2v) is 9.39. The van der Waals surface area contributed by atoms with Crippen LogP contribution in [0.2, 0.25) is 5.02 Å². The number of nitrogens with one attached hydrogen (secondary N) is 1. The third-order valence-corrected chi connectivity index (χ3v) is 6.83. The van der Waals surface area contributed by atoms with Gasteiger partial charge in [-0.1, -0.05) is 35.9 Å². The molecule has 0 amide bonds.